The molecule has 1 atom stereocenters. The second kappa shape index (κ2) is 8.52. The molecular formula is C18H19ClN4O6S. The van der Waals surface area contributed by atoms with Crippen LogP contribution < -0.4 is 0 Å². The maximum absolute atomic E-state index is 12.2. The summed E-state index contributed by atoms with van der Waals surface area (Å²) in [4.78, 5) is 26.6. The molecule has 1 aliphatic heterocycles. The molecular weight excluding hydrogens is 436 g/mol. The van der Waals surface area contributed by atoms with Crippen LogP contribution >= 0.6 is 11.6 Å². The fraction of sp³-hybridized carbons (Fsp3) is 0.389. The van der Waals surface area contributed by atoms with Crippen LogP contribution in [0.3, 0.4) is 0 Å². The molecule has 1 fully saturated rings. The number of esters is 1. The van der Waals surface area contributed by atoms with Crippen molar-refractivity contribution in [1.82, 2.24) is 14.8 Å². The lowest BCUT2D eigenvalue weighted by Gasteiger charge is -2.09. The van der Waals surface area contributed by atoms with E-state index in [-0.39, 0.29) is 46.3 Å². The smallest absolute Gasteiger partial charge is 0.340 e. The number of nitro groups is 1. The summed E-state index contributed by atoms with van der Waals surface area (Å²) >= 11 is 6.44. The minimum Gasteiger partial charge on any atom is -0.462 e. The third-order valence-electron chi connectivity index (χ3n) is 4.64. The second-order valence-electron chi connectivity index (χ2n) is 6.73. The van der Waals surface area contributed by atoms with E-state index in [4.69, 9.17) is 16.3 Å². The highest BCUT2D eigenvalue weighted by molar-refractivity contribution is 7.91. The van der Waals surface area contributed by atoms with Gasteiger partial charge >= 0.3 is 5.97 Å². The predicted octanol–water partition coefficient (Wildman–Crippen LogP) is 2.85. The molecule has 0 bridgehead atoms. The lowest BCUT2D eigenvalue weighted by atomic mass is 10.1. The Morgan fingerprint density at radius 1 is 1.47 bits per heavy atom. The number of aryl methyl sites for hydroxylation is 1. The second-order valence-corrected chi connectivity index (χ2v) is 9.32. The van der Waals surface area contributed by atoms with Crippen LogP contribution in [0.25, 0.3) is 12.2 Å². The largest absolute Gasteiger partial charge is 0.462 e. The maximum Gasteiger partial charge on any atom is 0.340 e. The highest BCUT2D eigenvalue weighted by Gasteiger charge is 2.31. The SMILES string of the molecule is CCOC(=O)c1cc([N+](=O)[O-])cnc1/C=C/c1c(C)nn(C2CCS(=O)(=O)C2)c1Cl. The molecule has 10 nitrogen and oxygen atoms in total. The molecule has 1 saturated heterocycles. The van der Waals surface area contributed by atoms with E-state index in [1.165, 1.54) is 10.8 Å². The van der Waals surface area contributed by atoms with Gasteiger partial charge in [0.2, 0.25) is 0 Å². The van der Waals surface area contributed by atoms with Crippen LogP contribution in [0.1, 0.15) is 46.7 Å². The molecule has 3 heterocycles. The average molecular weight is 455 g/mol. The number of carbonyl (C=O) groups is 1. The van der Waals surface area contributed by atoms with Gasteiger partial charge in [-0.15, -0.1) is 0 Å². The van der Waals surface area contributed by atoms with E-state index in [0.29, 0.717) is 17.7 Å². The van der Waals surface area contributed by atoms with Crippen LogP contribution in [-0.4, -0.2) is 52.2 Å². The number of hydrogen-bond acceptors (Lipinski definition) is 8. The number of pyridine rings is 1. The van der Waals surface area contributed by atoms with E-state index in [0.717, 1.165) is 12.3 Å². The first-order valence-electron chi connectivity index (χ1n) is 9.07. The van der Waals surface area contributed by atoms with Gasteiger partial charge in [0.05, 0.1) is 46.0 Å². The molecule has 1 aliphatic rings. The molecule has 160 valence electrons. The first kappa shape index (κ1) is 21.9. The summed E-state index contributed by atoms with van der Waals surface area (Å²) in [5.41, 5.74) is 0.895. The summed E-state index contributed by atoms with van der Waals surface area (Å²) in [5, 5.41) is 15.6. The molecule has 0 aromatic carbocycles. The Morgan fingerprint density at radius 3 is 2.80 bits per heavy atom. The van der Waals surface area contributed by atoms with Gasteiger partial charge in [-0.25, -0.2) is 22.9 Å². The Kier molecular flexibility index (Phi) is 6.22. The lowest BCUT2D eigenvalue weighted by Crippen LogP contribution is -2.12. The number of aromatic nitrogens is 3. The zero-order chi connectivity index (χ0) is 22.1. The van der Waals surface area contributed by atoms with Gasteiger partial charge in [0.25, 0.3) is 5.69 Å². The first-order chi connectivity index (χ1) is 14.1. The van der Waals surface area contributed by atoms with Crippen molar-refractivity contribution in [1.29, 1.82) is 0 Å². The fourth-order valence-corrected chi connectivity index (χ4v) is 5.23. The zero-order valence-electron chi connectivity index (χ0n) is 16.2. The third-order valence-corrected chi connectivity index (χ3v) is 6.77. The normalized spacial score (nSPS) is 18.0. The Bertz CT molecular complexity index is 1140. The minimum atomic E-state index is -3.10. The minimum absolute atomic E-state index is 0.0199. The van der Waals surface area contributed by atoms with E-state index in [1.807, 2.05) is 0 Å². The standard InChI is InChI=1S/C18H19ClN4O6S/c1-3-29-18(24)15-8-13(23(25)26)9-20-16(15)5-4-14-11(2)21-22(17(14)19)12-6-7-30(27,28)10-12/h4-5,8-9,12H,3,6-7,10H2,1-2H3/b5-4+. The van der Waals surface area contributed by atoms with Crippen LogP contribution in [-0.2, 0) is 14.6 Å². The predicted molar refractivity (Wildman–Crippen MR) is 110 cm³/mol. The van der Waals surface area contributed by atoms with E-state index >= 15 is 0 Å². The molecule has 2 aromatic heterocycles. The van der Waals surface area contributed by atoms with E-state index in [9.17, 15) is 23.3 Å². The Balaban J connectivity index is 1.96. The summed E-state index contributed by atoms with van der Waals surface area (Å²) in [6.45, 7) is 3.45. The number of ether oxygens (including phenoxy) is 1. The number of sulfone groups is 1. The highest BCUT2D eigenvalue weighted by Crippen LogP contribution is 2.31. The van der Waals surface area contributed by atoms with Crippen molar-refractivity contribution in [2.45, 2.75) is 26.3 Å². The first-order valence-corrected chi connectivity index (χ1v) is 11.3. The molecule has 0 aliphatic carbocycles. The van der Waals surface area contributed by atoms with Gasteiger partial charge in [0.15, 0.2) is 9.84 Å². The Hall–Kier alpha value is -2.79. The van der Waals surface area contributed by atoms with Gasteiger partial charge in [-0.05, 0) is 32.4 Å². The quantitative estimate of drug-likeness (QED) is 0.369. The summed E-state index contributed by atoms with van der Waals surface area (Å²) in [7, 11) is -3.10. The molecule has 12 heteroatoms. The summed E-state index contributed by atoms with van der Waals surface area (Å²) in [6, 6.07) is 0.766. The fourth-order valence-electron chi connectivity index (χ4n) is 3.16. The van der Waals surface area contributed by atoms with Crippen molar-refractivity contribution in [3.05, 3.63) is 50.0 Å². The molecule has 30 heavy (non-hydrogen) atoms. The Labute approximate surface area is 177 Å². The summed E-state index contributed by atoms with van der Waals surface area (Å²) in [6.07, 6.45) is 4.55. The van der Waals surface area contributed by atoms with Gasteiger partial charge in [-0.1, -0.05) is 11.6 Å². The van der Waals surface area contributed by atoms with Crippen LogP contribution in [0.15, 0.2) is 12.3 Å². The van der Waals surface area contributed by atoms with Gasteiger partial charge < -0.3 is 4.74 Å². The molecule has 2 aromatic rings. The Morgan fingerprint density at radius 2 is 2.20 bits per heavy atom. The van der Waals surface area contributed by atoms with E-state index in [1.54, 1.807) is 19.9 Å². The number of halogens is 1. The van der Waals surface area contributed by atoms with Gasteiger partial charge in [-0.2, -0.15) is 5.10 Å². The summed E-state index contributed by atoms with van der Waals surface area (Å²) in [5.74, 6) is -0.662. The number of hydrogen-bond donors (Lipinski definition) is 0. The van der Waals surface area contributed by atoms with E-state index in [2.05, 4.69) is 10.1 Å². The zero-order valence-corrected chi connectivity index (χ0v) is 17.8. The monoisotopic (exact) mass is 454 g/mol. The number of rotatable bonds is 6. The van der Waals surface area contributed by atoms with Crippen molar-refractivity contribution < 1.29 is 22.9 Å². The van der Waals surface area contributed by atoms with Crippen molar-refractivity contribution >= 4 is 45.2 Å². The summed E-state index contributed by atoms with van der Waals surface area (Å²) < 4.78 is 30.0. The van der Waals surface area contributed by atoms with Gasteiger partial charge in [0.1, 0.15) is 11.3 Å². The molecule has 1 unspecified atom stereocenters. The topological polar surface area (TPSA) is 134 Å². The number of carbonyl (C=O) groups excluding carboxylic acids is 1. The molecule has 0 saturated carbocycles. The number of nitrogens with zero attached hydrogens (tertiary/aromatic N) is 4. The van der Waals surface area contributed by atoms with Crippen LogP contribution in [0, 0.1) is 17.0 Å². The van der Waals surface area contributed by atoms with Crippen LogP contribution in [0.5, 0.6) is 0 Å². The van der Waals surface area contributed by atoms with E-state index < -0.39 is 20.7 Å². The van der Waals surface area contributed by atoms with Crippen LogP contribution in [0.4, 0.5) is 5.69 Å². The molecule has 0 radical (unpaired) electrons. The average Bonchev–Trinajstić information content (AvgIpc) is 3.18. The van der Waals surface area contributed by atoms with Gasteiger partial charge in [-0.3, -0.25) is 10.1 Å². The van der Waals surface area contributed by atoms with Crippen molar-refractivity contribution in [2.24, 2.45) is 0 Å². The van der Waals surface area contributed by atoms with Crippen LogP contribution in [0.2, 0.25) is 5.15 Å². The molecule has 0 amide bonds. The molecule has 0 N–H and O–H groups in total. The maximum atomic E-state index is 12.2. The lowest BCUT2D eigenvalue weighted by molar-refractivity contribution is -0.385. The van der Waals surface area contributed by atoms with Crippen molar-refractivity contribution in [2.75, 3.05) is 18.1 Å². The van der Waals surface area contributed by atoms with Crippen molar-refractivity contribution in [3.63, 3.8) is 0 Å². The highest BCUT2D eigenvalue weighted by atomic mass is 35.5. The van der Waals surface area contributed by atoms with Crippen molar-refractivity contribution in [3.8, 4) is 0 Å². The third kappa shape index (κ3) is 4.51. The van der Waals surface area contributed by atoms with Gasteiger partial charge in [0, 0.05) is 11.6 Å². The molecule has 0 spiro atoms. The molecule has 3 rings (SSSR count).